The highest BCUT2D eigenvalue weighted by Gasteiger charge is 2.20. The summed E-state index contributed by atoms with van der Waals surface area (Å²) in [6.45, 7) is 0. The van der Waals surface area contributed by atoms with Gasteiger partial charge >= 0.3 is 0 Å². The first-order chi connectivity index (χ1) is 36.3. The van der Waals surface area contributed by atoms with Crippen LogP contribution in [0.15, 0.2) is 181 Å². The van der Waals surface area contributed by atoms with Gasteiger partial charge in [-0.2, -0.15) is 0 Å². The zero-order chi connectivity index (χ0) is 57.7. The summed E-state index contributed by atoms with van der Waals surface area (Å²) >= 11 is 0. The molecule has 0 spiro atoms. The SMILES string of the molecule is [2H]c1c([2H])c([2H])c2c([2H])c(-c3c([2H])c([2H])c4c(-c5c([2H])c6c([2H])c([2H])c([2H])c([2H])c6c6c([2H])c([2H])c([2H])c([2H])c56)c5c([2H])c([2H])c([2H])c([2H])c5c(-c5c([2H])c([2H])c([2H])c6c([2H])c([2H])c([2H])c([2H])c56)c4c3[2H])c([2H])c([2H])c2c1[2H]. The number of fused-ring (bicyclic) bond motifs is 7. The fraction of sp³-hybridized carbons (Fsp3) is 0. The first-order valence-electron chi connectivity index (χ1n) is 29.2. The van der Waals surface area contributed by atoms with Gasteiger partial charge < -0.3 is 0 Å². The molecule has 0 N–H and O–H groups in total. The van der Waals surface area contributed by atoms with Gasteiger partial charge in [-0.25, -0.2) is 0 Å². The van der Waals surface area contributed by atoms with Gasteiger partial charge in [-0.05, 0) is 116 Å². The average molecular weight is 637 g/mol. The molecule has 0 heterocycles. The van der Waals surface area contributed by atoms with E-state index in [2.05, 4.69) is 0 Å². The molecule has 222 valence electrons. The predicted octanol–water partition coefficient (Wildman–Crippen LogP) is 13.6. The Morgan fingerprint density at radius 1 is 0.250 bits per heavy atom. The van der Waals surface area contributed by atoms with Crippen molar-refractivity contribution in [1.29, 1.82) is 0 Å². The summed E-state index contributed by atoms with van der Waals surface area (Å²) in [6, 6.07) is -29.8. The Morgan fingerprint density at radius 2 is 0.771 bits per heavy atom. The van der Waals surface area contributed by atoms with Crippen LogP contribution in [0.25, 0.3) is 98.0 Å². The van der Waals surface area contributed by atoms with Gasteiger partial charge in [-0.1, -0.05) is 163 Å². The highest BCUT2D eigenvalue weighted by Crippen LogP contribution is 2.48. The van der Waals surface area contributed by atoms with Gasteiger partial charge in [0.15, 0.2) is 0 Å². The normalized spacial score (nSPS) is 20.5. The molecule has 10 rings (SSSR count). The van der Waals surface area contributed by atoms with E-state index in [-0.39, 0.29) is 0 Å². The monoisotopic (exact) mass is 636 g/mol. The predicted molar refractivity (Wildman–Crippen MR) is 208 cm³/mol. The standard InChI is InChI=1S/C48H30/c1-2-14-33-28-34(25-24-31(33)12-1)35-26-27-44-46(29-35)47(41-23-11-16-32-13-3-5-17-37(32)41)42-21-9-10-22-43(42)48(44)45-30-36-15-4-6-18-38(36)39-19-7-8-20-40(39)45/h1-30H/i1D,2D,3D,4D,5D,6D,7D,8D,9D,10D,11D,12D,13D,14D,15D,16D,17D,18D,19D,20D,21D,22D,23D,24D,25D,26D,27D,28D,29D,30D. The van der Waals surface area contributed by atoms with Crippen molar-refractivity contribution in [2.45, 2.75) is 0 Å². The summed E-state index contributed by atoms with van der Waals surface area (Å²) in [7, 11) is 0. The maximum atomic E-state index is 10.3. The van der Waals surface area contributed by atoms with E-state index in [0.29, 0.717) is 0 Å². The van der Waals surface area contributed by atoms with Crippen LogP contribution >= 0.6 is 0 Å². The third-order valence-corrected chi connectivity index (χ3v) is 7.94. The number of hydrogen-bond donors (Lipinski definition) is 0. The van der Waals surface area contributed by atoms with E-state index in [0.717, 1.165) is 0 Å². The summed E-state index contributed by atoms with van der Waals surface area (Å²) < 4.78 is 274. The minimum Gasteiger partial charge on any atom is -0.0616 e. The van der Waals surface area contributed by atoms with Gasteiger partial charge in [-0.3, -0.25) is 0 Å². The van der Waals surface area contributed by atoms with Crippen LogP contribution in [0, 0.1) is 0 Å². The molecule has 0 atom stereocenters. The zero-order valence-electron chi connectivity index (χ0n) is 54.0. The van der Waals surface area contributed by atoms with E-state index in [4.69, 9.17) is 24.7 Å². The van der Waals surface area contributed by atoms with Crippen molar-refractivity contribution < 1.29 is 41.1 Å². The second-order valence-electron chi connectivity index (χ2n) is 10.5. The molecule has 0 bridgehead atoms. The van der Waals surface area contributed by atoms with Gasteiger partial charge in [0.05, 0.1) is 41.1 Å². The second kappa shape index (κ2) is 10.7. The lowest BCUT2D eigenvalue weighted by molar-refractivity contribution is 1.66. The molecule has 0 nitrogen and oxygen atoms in total. The Kier molecular flexibility index (Phi) is 2.36. The molecule has 0 unspecified atom stereocenters. The first-order valence-corrected chi connectivity index (χ1v) is 14.2. The molecule has 0 saturated carbocycles. The van der Waals surface area contributed by atoms with Crippen molar-refractivity contribution in [1.82, 2.24) is 0 Å². The highest BCUT2D eigenvalue weighted by atomic mass is 14.2. The molecule has 0 aromatic heterocycles. The molecule has 0 heteroatoms. The van der Waals surface area contributed by atoms with Crippen molar-refractivity contribution in [3.63, 3.8) is 0 Å². The molecular weight excluding hydrogens is 577 g/mol. The number of rotatable bonds is 3. The average Bonchev–Trinajstić information content (AvgIpc) is 3.60. The third kappa shape index (κ3) is 4.10. The van der Waals surface area contributed by atoms with Crippen LogP contribution < -0.4 is 0 Å². The van der Waals surface area contributed by atoms with Crippen LogP contribution in [0.3, 0.4) is 0 Å². The summed E-state index contributed by atoms with van der Waals surface area (Å²) in [6.07, 6.45) is 0. The summed E-state index contributed by atoms with van der Waals surface area (Å²) in [4.78, 5) is 0. The maximum absolute atomic E-state index is 10.3. The lowest BCUT2D eigenvalue weighted by atomic mass is 9.82. The molecule has 0 aliphatic carbocycles. The van der Waals surface area contributed by atoms with Crippen molar-refractivity contribution in [2.24, 2.45) is 0 Å². The highest BCUT2D eigenvalue weighted by molar-refractivity contribution is 6.27. The largest absolute Gasteiger partial charge is 0.0636 e. The molecular formula is C48H30. The number of hydrogen-bond acceptors (Lipinski definition) is 0. The summed E-state index contributed by atoms with van der Waals surface area (Å²) in [5.74, 6) is 0. The van der Waals surface area contributed by atoms with Gasteiger partial charge in [0.25, 0.3) is 0 Å². The molecule has 0 aliphatic rings. The van der Waals surface area contributed by atoms with Crippen LogP contribution in [0.2, 0.25) is 0 Å². The quantitative estimate of drug-likeness (QED) is 0.134. The van der Waals surface area contributed by atoms with E-state index < -0.39 is 279 Å². The Bertz CT molecular complexity index is 4590. The van der Waals surface area contributed by atoms with Crippen LogP contribution in [-0.2, 0) is 0 Å². The van der Waals surface area contributed by atoms with Gasteiger partial charge in [0.2, 0.25) is 0 Å². The Balaban J connectivity index is 1.66. The Morgan fingerprint density at radius 3 is 1.56 bits per heavy atom. The van der Waals surface area contributed by atoms with Gasteiger partial charge in [0, 0.05) is 0 Å². The van der Waals surface area contributed by atoms with Crippen molar-refractivity contribution in [2.75, 3.05) is 0 Å². The van der Waals surface area contributed by atoms with Crippen molar-refractivity contribution in [3.05, 3.63) is 181 Å². The van der Waals surface area contributed by atoms with E-state index in [1.54, 1.807) is 0 Å². The molecule has 0 fully saturated rings. The summed E-state index contributed by atoms with van der Waals surface area (Å²) in [5.41, 5.74) is -5.22. The van der Waals surface area contributed by atoms with Gasteiger partial charge in [0.1, 0.15) is 0 Å². The minimum absolute atomic E-state index is 0.607. The zero-order valence-corrected chi connectivity index (χ0v) is 24.0. The van der Waals surface area contributed by atoms with Crippen molar-refractivity contribution >= 4 is 64.6 Å². The first kappa shape index (κ1) is 10.6. The van der Waals surface area contributed by atoms with Crippen LogP contribution in [-0.4, -0.2) is 0 Å². The van der Waals surface area contributed by atoms with Crippen LogP contribution in [0.5, 0.6) is 0 Å². The van der Waals surface area contributed by atoms with E-state index in [1.807, 2.05) is 0 Å². The molecule has 0 saturated heterocycles. The molecule has 10 aromatic carbocycles. The summed E-state index contributed by atoms with van der Waals surface area (Å²) in [5, 5.41) is -8.99. The van der Waals surface area contributed by atoms with Gasteiger partial charge in [-0.15, -0.1) is 0 Å². The topological polar surface area (TPSA) is 0 Å². The fourth-order valence-electron chi connectivity index (χ4n) is 5.91. The van der Waals surface area contributed by atoms with E-state index >= 15 is 0 Å². The Hall–Kier alpha value is -6.24. The molecule has 10 aromatic rings. The number of benzene rings is 10. The minimum atomic E-state index is -1.17. The Labute approximate surface area is 321 Å². The molecule has 0 aliphatic heterocycles. The molecule has 0 amide bonds. The molecule has 48 heavy (non-hydrogen) atoms. The van der Waals surface area contributed by atoms with Crippen LogP contribution in [0.1, 0.15) is 41.1 Å². The lowest BCUT2D eigenvalue weighted by Crippen LogP contribution is -1.93. The van der Waals surface area contributed by atoms with E-state index in [1.165, 1.54) is 0 Å². The van der Waals surface area contributed by atoms with Crippen molar-refractivity contribution in [3.8, 4) is 33.4 Å². The fourth-order valence-corrected chi connectivity index (χ4v) is 5.91. The second-order valence-corrected chi connectivity index (χ2v) is 10.5. The van der Waals surface area contributed by atoms with Crippen LogP contribution in [0.4, 0.5) is 0 Å². The maximum Gasteiger partial charge on any atom is 0.0636 e. The van der Waals surface area contributed by atoms with E-state index in [9.17, 15) is 16.4 Å². The smallest absolute Gasteiger partial charge is 0.0616 e. The third-order valence-electron chi connectivity index (χ3n) is 7.94. The lowest BCUT2D eigenvalue weighted by Gasteiger charge is -2.21. The molecule has 0 radical (unpaired) electrons.